The van der Waals surface area contributed by atoms with Gasteiger partial charge in [0.15, 0.2) is 23.0 Å². The van der Waals surface area contributed by atoms with Gasteiger partial charge in [-0.3, -0.25) is 9.78 Å². The van der Waals surface area contributed by atoms with Crippen LogP contribution in [0.15, 0.2) is 60.8 Å². The van der Waals surface area contributed by atoms with E-state index in [0.717, 1.165) is 27.6 Å². The largest absolute Gasteiger partial charge is 0.493 e. The third-order valence-electron chi connectivity index (χ3n) is 5.85. The monoisotopic (exact) mass is 472 g/mol. The Morgan fingerprint density at radius 1 is 0.829 bits per heavy atom. The molecule has 0 atom stereocenters. The van der Waals surface area contributed by atoms with Crippen molar-refractivity contribution in [1.82, 2.24) is 4.98 Å². The van der Waals surface area contributed by atoms with Crippen molar-refractivity contribution in [3.63, 3.8) is 0 Å². The van der Waals surface area contributed by atoms with Crippen LogP contribution >= 0.6 is 0 Å². The highest BCUT2D eigenvalue weighted by atomic mass is 16.5. The van der Waals surface area contributed by atoms with Gasteiger partial charge in [-0.05, 0) is 54.3 Å². The summed E-state index contributed by atoms with van der Waals surface area (Å²) in [7, 11) is 6.36. The second-order valence-corrected chi connectivity index (χ2v) is 8.05. The molecule has 0 aliphatic carbocycles. The van der Waals surface area contributed by atoms with Gasteiger partial charge in [0.2, 0.25) is 0 Å². The molecule has 4 aromatic rings. The van der Waals surface area contributed by atoms with Crippen molar-refractivity contribution in [2.45, 2.75) is 13.3 Å². The molecule has 0 aliphatic rings. The number of aryl methyl sites for hydroxylation is 1. The number of methoxy groups -OCH3 is 4. The first-order valence-electron chi connectivity index (χ1n) is 11.1. The highest BCUT2D eigenvalue weighted by Gasteiger charge is 2.17. The average molecular weight is 473 g/mol. The second-order valence-electron chi connectivity index (χ2n) is 8.05. The molecular weight excluding hydrogens is 444 g/mol. The highest BCUT2D eigenvalue weighted by molar-refractivity contribution is 6.05. The van der Waals surface area contributed by atoms with Gasteiger partial charge in [-0.1, -0.05) is 17.7 Å². The number of pyridine rings is 1. The SMILES string of the molecule is COc1cc(Cc2nccc3cc(OC)c(OC)cc23)c(NC(=O)c2cccc(C)c2)cc1OC. The van der Waals surface area contributed by atoms with Gasteiger partial charge in [0.05, 0.1) is 34.1 Å². The molecule has 3 aromatic carbocycles. The quantitative estimate of drug-likeness (QED) is 0.369. The molecule has 0 spiro atoms. The summed E-state index contributed by atoms with van der Waals surface area (Å²) in [5.41, 5.74) is 3.86. The predicted molar refractivity (Wildman–Crippen MR) is 136 cm³/mol. The topological polar surface area (TPSA) is 78.9 Å². The summed E-state index contributed by atoms with van der Waals surface area (Å²) in [6.07, 6.45) is 2.20. The van der Waals surface area contributed by atoms with Crippen molar-refractivity contribution in [2.24, 2.45) is 0 Å². The zero-order valence-corrected chi connectivity index (χ0v) is 20.5. The van der Waals surface area contributed by atoms with Gasteiger partial charge < -0.3 is 24.3 Å². The molecule has 1 heterocycles. The van der Waals surface area contributed by atoms with E-state index in [1.807, 2.05) is 49.4 Å². The van der Waals surface area contributed by atoms with Gasteiger partial charge in [0.25, 0.3) is 5.91 Å². The van der Waals surface area contributed by atoms with E-state index in [0.29, 0.717) is 40.7 Å². The van der Waals surface area contributed by atoms with Crippen molar-refractivity contribution < 1.29 is 23.7 Å². The Hall–Kier alpha value is -4.26. The van der Waals surface area contributed by atoms with Gasteiger partial charge >= 0.3 is 0 Å². The Morgan fingerprint density at radius 3 is 2.17 bits per heavy atom. The highest BCUT2D eigenvalue weighted by Crippen LogP contribution is 2.37. The molecule has 0 unspecified atom stereocenters. The zero-order valence-electron chi connectivity index (χ0n) is 20.5. The van der Waals surface area contributed by atoms with E-state index < -0.39 is 0 Å². The minimum absolute atomic E-state index is 0.209. The molecule has 0 aliphatic heterocycles. The molecule has 7 nitrogen and oxygen atoms in total. The number of hydrogen-bond acceptors (Lipinski definition) is 6. The number of nitrogens with zero attached hydrogens (tertiary/aromatic N) is 1. The maximum atomic E-state index is 13.1. The summed E-state index contributed by atoms with van der Waals surface area (Å²) in [6.45, 7) is 1.95. The average Bonchev–Trinajstić information content (AvgIpc) is 2.88. The van der Waals surface area contributed by atoms with Gasteiger partial charge in [-0.15, -0.1) is 0 Å². The van der Waals surface area contributed by atoms with Crippen LogP contribution in [-0.4, -0.2) is 39.3 Å². The molecule has 0 bridgehead atoms. The van der Waals surface area contributed by atoms with Crippen LogP contribution in [0.4, 0.5) is 5.69 Å². The minimum atomic E-state index is -0.209. The van der Waals surface area contributed by atoms with E-state index in [4.69, 9.17) is 18.9 Å². The lowest BCUT2D eigenvalue weighted by molar-refractivity contribution is 0.102. The standard InChI is InChI=1S/C28H28N2O5/c1-17-7-6-8-19(11-17)28(31)30-22-16-27(35-5)25(33-3)14-20(22)12-23-21-15-26(34-4)24(32-2)13-18(21)9-10-29-23/h6-11,13-16H,12H2,1-5H3,(H,30,31). The molecule has 1 amide bonds. The summed E-state index contributed by atoms with van der Waals surface area (Å²) in [6, 6.07) is 16.9. The van der Waals surface area contributed by atoms with Crippen molar-refractivity contribution in [3.05, 3.63) is 83.2 Å². The number of aromatic nitrogens is 1. The van der Waals surface area contributed by atoms with E-state index in [-0.39, 0.29) is 5.91 Å². The van der Waals surface area contributed by atoms with Gasteiger partial charge in [0.1, 0.15) is 0 Å². The fraction of sp³-hybridized carbons (Fsp3) is 0.214. The van der Waals surface area contributed by atoms with Gasteiger partial charge in [-0.25, -0.2) is 0 Å². The molecular formula is C28H28N2O5. The van der Waals surface area contributed by atoms with E-state index in [1.165, 1.54) is 0 Å². The fourth-order valence-corrected chi connectivity index (χ4v) is 4.05. The minimum Gasteiger partial charge on any atom is -0.493 e. The normalized spacial score (nSPS) is 10.7. The lowest BCUT2D eigenvalue weighted by Gasteiger charge is -2.17. The smallest absolute Gasteiger partial charge is 0.255 e. The molecule has 35 heavy (non-hydrogen) atoms. The van der Waals surface area contributed by atoms with E-state index in [2.05, 4.69) is 10.3 Å². The summed E-state index contributed by atoms with van der Waals surface area (Å²) in [4.78, 5) is 17.7. The van der Waals surface area contributed by atoms with Crippen molar-refractivity contribution in [3.8, 4) is 23.0 Å². The molecule has 0 saturated heterocycles. The number of carbonyl (C=O) groups is 1. The zero-order chi connectivity index (χ0) is 24.9. The van der Waals surface area contributed by atoms with Crippen molar-refractivity contribution in [1.29, 1.82) is 0 Å². The van der Waals surface area contributed by atoms with Crippen LogP contribution in [0.3, 0.4) is 0 Å². The first kappa shape index (κ1) is 23.9. The Balaban J connectivity index is 1.79. The maximum absolute atomic E-state index is 13.1. The number of amides is 1. The van der Waals surface area contributed by atoms with Crippen LogP contribution in [0.1, 0.15) is 27.2 Å². The summed E-state index contributed by atoms with van der Waals surface area (Å²) >= 11 is 0. The van der Waals surface area contributed by atoms with Crippen molar-refractivity contribution in [2.75, 3.05) is 33.8 Å². The Kier molecular flexibility index (Phi) is 7.06. The number of ether oxygens (including phenoxy) is 4. The molecule has 1 aromatic heterocycles. The van der Waals surface area contributed by atoms with E-state index in [1.54, 1.807) is 46.8 Å². The third-order valence-corrected chi connectivity index (χ3v) is 5.85. The summed E-state index contributed by atoms with van der Waals surface area (Å²) in [5.74, 6) is 2.15. The molecule has 4 rings (SSSR count). The molecule has 1 N–H and O–H groups in total. The maximum Gasteiger partial charge on any atom is 0.255 e. The molecule has 0 fully saturated rings. The van der Waals surface area contributed by atoms with E-state index >= 15 is 0 Å². The van der Waals surface area contributed by atoms with Crippen molar-refractivity contribution >= 4 is 22.4 Å². The van der Waals surface area contributed by atoms with Crippen LogP contribution in [0.2, 0.25) is 0 Å². The number of anilines is 1. The van der Waals surface area contributed by atoms with Crippen LogP contribution in [0.5, 0.6) is 23.0 Å². The number of benzene rings is 3. The first-order chi connectivity index (χ1) is 17.0. The number of nitrogens with one attached hydrogen (secondary N) is 1. The summed E-state index contributed by atoms with van der Waals surface area (Å²) < 4.78 is 22.0. The first-order valence-corrected chi connectivity index (χ1v) is 11.1. The fourth-order valence-electron chi connectivity index (χ4n) is 4.05. The van der Waals surface area contributed by atoms with Crippen LogP contribution < -0.4 is 24.3 Å². The molecule has 0 radical (unpaired) electrons. The summed E-state index contributed by atoms with van der Waals surface area (Å²) in [5, 5.41) is 4.94. The second kappa shape index (κ2) is 10.3. The van der Waals surface area contributed by atoms with Crippen LogP contribution in [-0.2, 0) is 6.42 Å². The predicted octanol–water partition coefficient (Wildman–Crippen LogP) is 5.42. The van der Waals surface area contributed by atoms with Gasteiger partial charge in [-0.2, -0.15) is 0 Å². The van der Waals surface area contributed by atoms with E-state index in [9.17, 15) is 4.79 Å². The molecule has 0 saturated carbocycles. The lowest BCUT2D eigenvalue weighted by Crippen LogP contribution is -2.14. The number of fused-ring (bicyclic) bond motifs is 1. The van der Waals surface area contributed by atoms with Crippen LogP contribution in [0.25, 0.3) is 10.8 Å². The number of rotatable bonds is 8. The van der Waals surface area contributed by atoms with Gasteiger partial charge in [0, 0.05) is 35.3 Å². The lowest BCUT2D eigenvalue weighted by atomic mass is 10.0. The Morgan fingerprint density at radius 2 is 1.49 bits per heavy atom. The number of carbonyl (C=O) groups excluding carboxylic acids is 1. The Labute approximate surface area is 204 Å². The Bertz CT molecular complexity index is 1380. The molecule has 180 valence electrons. The number of hydrogen-bond donors (Lipinski definition) is 1. The van der Waals surface area contributed by atoms with Crippen LogP contribution in [0, 0.1) is 6.92 Å². The molecule has 7 heteroatoms. The third kappa shape index (κ3) is 4.99.